The molecular formula is C22H23N3O. The Bertz CT molecular complexity index is 841. The molecule has 4 nitrogen and oxygen atoms in total. The molecule has 1 aliphatic rings. The van der Waals surface area contributed by atoms with Crippen molar-refractivity contribution in [3.05, 3.63) is 78.1 Å². The molecule has 0 aliphatic carbocycles. The topological polar surface area (TPSA) is 49.0 Å². The quantitative estimate of drug-likeness (QED) is 0.706. The van der Waals surface area contributed by atoms with E-state index in [-0.39, 0.29) is 11.7 Å². The highest BCUT2D eigenvalue weighted by Crippen LogP contribution is 2.24. The van der Waals surface area contributed by atoms with E-state index in [9.17, 15) is 4.79 Å². The molecule has 0 bridgehead atoms. The first-order valence-electron chi connectivity index (χ1n) is 9.20. The van der Waals surface area contributed by atoms with Gasteiger partial charge < -0.3 is 0 Å². The Labute approximate surface area is 153 Å². The second-order valence-corrected chi connectivity index (χ2v) is 6.96. The summed E-state index contributed by atoms with van der Waals surface area (Å²) in [6.07, 6.45) is 3.81. The molecule has 0 unspecified atom stereocenters. The number of benzene rings is 2. The van der Waals surface area contributed by atoms with Gasteiger partial charge in [-0.05, 0) is 36.6 Å². The standard InChI is InChI=1S/C22H23N3O/c26-22(19-10-8-18(9-11-19)17-5-2-1-3-6-17)20-7-4-14-25(15-20)16-21-12-13-23-24-21/h1-3,5-6,8-13,20H,4,7,14-16H2,(H,23,24)/t20-/m0/s1. The highest BCUT2D eigenvalue weighted by molar-refractivity contribution is 5.98. The Balaban J connectivity index is 1.43. The molecule has 4 heteroatoms. The molecular weight excluding hydrogens is 322 g/mol. The Kier molecular flexibility index (Phi) is 4.93. The van der Waals surface area contributed by atoms with Gasteiger partial charge in [0.05, 0.1) is 0 Å². The summed E-state index contributed by atoms with van der Waals surface area (Å²) in [7, 11) is 0. The van der Waals surface area contributed by atoms with Gasteiger partial charge in [0.2, 0.25) is 0 Å². The number of nitrogens with zero attached hydrogens (tertiary/aromatic N) is 2. The van der Waals surface area contributed by atoms with E-state index in [4.69, 9.17) is 0 Å². The van der Waals surface area contributed by atoms with Crippen molar-refractivity contribution in [2.24, 2.45) is 5.92 Å². The van der Waals surface area contributed by atoms with E-state index < -0.39 is 0 Å². The van der Waals surface area contributed by atoms with Gasteiger partial charge >= 0.3 is 0 Å². The average Bonchev–Trinajstić information content (AvgIpc) is 3.21. The number of ketones is 1. The van der Waals surface area contributed by atoms with Crippen molar-refractivity contribution >= 4 is 5.78 Å². The van der Waals surface area contributed by atoms with Crippen LogP contribution in [-0.4, -0.2) is 34.0 Å². The van der Waals surface area contributed by atoms with Crippen LogP contribution in [0, 0.1) is 5.92 Å². The third-order valence-electron chi connectivity index (χ3n) is 5.11. The number of likely N-dealkylation sites (tertiary alicyclic amines) is 1. The fraction of sp³-hybridized carbons (Fsp3) is 0.273. The van der Waals surface area contributed by atoms with Crippen molar-refractivity contribution in [3.63, 3.8) is 0 Å². The van der Waals surface area contributed by atoms with Gasteiger partial charge in [0.15, 0.2) is 5.78 Å². The number of rotatable bonds is 5. The van der Waals surface area contributed by atoms with Crippen LogP contribution in [0.1, 0.15) is 28.9 Å². The number of Topliss-reactive ketones (excluding diaryl/α,β-unsaturated/α-hetero) is 1. The number of aromatic nitrogens is 2. The highest BCUT2D eigenvalue weighted by Gasteiger charge is 2.26. The summed E-state index contributed by atoms with van der Waals surface area (Å²) in [6.45, 7) is 2.69. The van der Waals surface area contributed by atoms with Crippen LogP contribution in [0.25, 0.3) is 11.1 Å². The van der Waals surface area contributed by atoms with Crippen molar-refractivity contribution in [1.82, 2.24) is 15.1 Å². The number of aromatic amines is 1. The first-order valence-corrected chi connectivity index (χ1v) is 9.20. The molecule has 1 fully saturated rings. The van der Waals surface area contributed by atoms with E-state index in [1.54, 1.807) is 6.20 Å². The van der Waals surface area contributed by atoms with E-state index in [0.717, 1.165) is 49.3 Å². The zero-order valence-electron chi connectivity index (χ0n) is 14.8. The fourth-order valence-electron chi connectivity index (χ4n) is 3.72. The Morgan fingerprint density at radius 1 is 1.04 bits per heavy atom. The number of H-pyrrole nitrogens is 1. The fourth-order valence-corrected chi connectivity index (χ4v) is 3.72. The van der Waals surface area contributed by atoms with Gasteiger partial charge in [-0.1, -0.05) is 54.6 Å². The van der Waals surface area contributed by atoms with Crippen molar-refractivity contribution in [3.8, 4) is 11.1 Å². The number of carbonyl (C=O) groups is 1. The lowest BCUT2D eigenvalue weighted by Crippen LogP contribution is -2.38. The van der Waals surface area contributed by atoms with Crippen molar-refractivity contribution < 1.29 is 4.79 Å². The summed E-state index contributed by atoms with van der Waals surface area (Å²) in [4.78, 5) is 15.3. The second-order valence-electron chi connectivity index (χ2n) is 6.96. The molecule has 0 radical (unpaired) electrons. The maximum absolute atomic E-state index is 12.9. The zero-order valence-corrected chi connectivity index (χ0v) is 14.8. The van der Waals surface area contributed by atoms with Crippen molar-refractivity contribution in [2.45, 2.75) is 19.4 Å². The molecule has 132 valence electrons. The summed E-state index contributed by atoms with van der Waals surface area (Å²) >= 11 is 0. The summed E-state index contributed by atoms with van der Waals surface area (Å²) in [5.41, 5.74) is 4.24. The Morgan fingerprint density at radius 3 is 2.54 bits per heavy atom. The molecule has 0 spiro atoms. The van der Waals surface area contributed by atoms with Crippen LogP contribution in [0.3, 0.4) is 0 Å². The second kappa shape index (κ2) is 7.67. The highest BCUT2D eigenvalue weighted by atomic mass is 16.1. The lowest BCUT2D eigenvalue weighted by Gasteiger charge is -2.31. The minimum Gasteiger partial charge on any atom is -0.297 e. The third kappa shape index (κ3) is 3.75. The minimum atomic E-state index is 0.0780. The Morgan fingerprint density at radius 2 is 1.81 bits per heavy atom. The molecule has 1 atom stereocenters. The van der Waals surface area contributed by atoms with E-state index in [1.165, 1.54) is 5.56 Å². The Hall–Kier alpha value is -2.72. The van der Waals surface area contributed by atoms with Gasteiger partial charge in [0.1, 0.15) is 0 Å². The number of piperidine rings is 1. The average molecular weight is 345 g/mol. The maximum atomic E-state index is 12.9. The van der Waals surface area contributed by atoms with Crippen molar-refractivity contribution in [2.75, 3.05) is 13.1 Å². The van der Waals surface area contributed by atoms with E-state index in [1.807, 2.05) is 48.5 Å². The number of carbonyl (C=O) groups excluding carboxylic acids is 1. The van der Waals surface area contributed by atoms with Crippen LogP contribution in [0.15, 0.2) is 66.9 Å². The van der Waals surface area contributed by atoms with Crippen molar-refractivity contribution in [1.29, 1.82) is 0 Å². The SMILES string of the molecule is O=C(c1ccc(-c2ccccc2)cc1)[C@H]1CCCN(Cc2ccn[nH]2)C1. The number of hydrogen-bond acceptors (Lipinski definition) is 3. The zero-order chi connectivity index (χ0) is 17.8. The largest absolute Gasteiger partial charge is 0.297 e. The first-order chi connectivity index (χ1) is 12.8. The lowest BCUT2D eigenvalue weighted by atomic mass is 9.89. The summed E-state index contributed by atoms with van der Waals surface area (Å²) in [6, 6.07) is 20.3. The van der Waals surface area contributed by atoms with Gasteiger partial charge in [-0.25, -0.2) is 0 Å². The van der Waals surface area contributed by atoms with Gasteiger partial charge in [0, 0.05) is 36.5 Å². The summed E-state index contributed by atoms with van der Waals surface area (Å²) in [5, 5.41) is 7.01. The van der Waals surface area contributed by atoms with Crippen LogP contribution in [0.5, 0.6) is 0 Å². The molecule has 1 saturated heterocycles. The van der Waals surface area contributed by atoms with Crippen LogP contribution >= 0.6 is 0 Å². The summed E-state index contributed by atoms with van der Waals surface area (Å²) in [5.74, 6) is 0.341. The van der Waals surface area contributed by atoms with Gasteiger partial charge in [-0.2, -0.15) is 5.10 Å². The lowest BCUT2D eigenvalue weighted by molar-refractivity contribution is 0.0810. The molecule has 1 N–H and O–H groups in total. The van der Waals surface area contributed by atoms with Crippen LogP contribution in [0.2, 0.25) is 0 Å². The predicted octanol–water partition coefficient (Wildman–Crippen LogP) is 4.17. The molecule has 0 amide bonds. The molecule has 1 aliphatic heterocycles. The van der Waals surface area contributed by atoms with E-state index in [0.29, 0.717) is 0 Å². The molecule has 4 rings (SSSR count). The minimum absolute atomic E-state index is 0.0780. The maximum Gasteiger partial charge on any atom is 0.167 e. The smallest absolute Gasteiger partial charge is 0.167 e. The van der Waals surface area contributed by atoms with E-state index >= 15 is 0 Å². The molecule has 0 saturated carbocycles. The molecule has 1 aromatic heterocycles. The van der Waals surface area contributed by atoms with E-state index in [2.05, 4.69) is 27.2 Å². The van der Waals surface area contributed by atoms with Crippen LogP contribution in [0.4, 0.5) is 0 Å². The normalized spacial score (nSPS) is 17.9. The van der Waals surface area contributed by atoms with Crippen LogP contribution < -0.4 is 0 Å². The van der Waals surface area contributed by atoms with Gasteiger partial charge in [-0.15, -0.1) is 0 Å². The predicted molar refractivity (Wildman–Crippen MR) is 103 cm³/mol. The molecule has 26 heavy (non-hydrogen) atoms. The first kappa shape index (κ1) is 16.7. The molecule has 3 aromatic rings. The molecule has 2 aromatic carbocycles. The number of nitrogens with one attached hydrogen (secondary N) is 1. The van der Waals surface area contributed by atoms with Gasteiger partial charge in [-0.3, -0.25) is 14.8 Å². The summed E-state index contributed by atoms with van der Waals surface area (Å²) < 4.78 is 0. The third-order valence-corrected chi connectivity index (χ3v) is 5.11. The monoisotopic (exact) mass is 345 g/mol. The van der Waals surface area contributed by atoms with Crippen LogP contribution in [-0.2, 0) is 6.54 Å². The van der Waals surface area contributed by atoms with Gasteiger partial charge in [0.25, 0.3) is 0 Å². The number of hydrogen-bond donors (Lipinski definition) is 1. The molecule has 2 heterocycles.